The van der Waals surface area contributed by atoms with E-state index in [1.165, 1.54) is 0 Å². The number of carbonyl (C=O) groups excluding carboxylic acids is 1. The average molecular weight is 363 g/mol. The van der Waals surface area contributed by atoms with E-state index >= 15 is 0 Å². The number of aromatic nitrogens is 2. The van der Waals surface area contributed by atoms with E-state index in [1.807, 2.05) is 31.2 Å². The first-order valence-corrected chi connectivity index (χ1v) is 8.98. The topological polar surface area (TPSA) is 108 Å². The Morgan fingerprint density at radius 1 is 1.41 bits per heavy atom. The van der Waals surface area contributed by atoms with Crippen LogP contribution in [0.3, 0.4) is 0 Å². The molecule has 1 aromatic heterocycles. The number of amides is 1. The maximum Gasteiger partial charge on any atom is 0.247 e. The molecule has 1 amide bonds. The zero-order valence-corrected chi connectivity index (χ0v) is 15.5. The molecule has 3 N–H and O–H groups in total. The van der Waals surface area contributed by atoms with Gasteiger partial charge in [-0.25, -0.2) is 0 Å². The molecule has 4 rings (SSSR count). The van der Waals surface area contributed by atoms with Crippen LogP contribution in [0.15, 0.2) is 35.7 Å². The van der Waals surface area contributed by atoms with Crippen LogP contribution in [0.4, 0.5) is 5.69 Å². The predicted molar refractivity (Wildman–Crippen MR) is 99.8 cm³/mol. The summed E-state index contributed by atoms with van der Waals surface area (Å²) in [4.78, 5) is 15.6. The largest absolute Gasteiger partial charge is 0.420 e. The molecule has 0 radical (unpaired) electrons. The minimum atomic E-state index is -1.32. The molecular weight excluding hydrogens is 342 g/mol. The number of nitrogens with one attached hydrogen (secondary N) is 1. The lowest BCUT2D eigenvalue weighted by Crippen LogP contribution is -2.46. The molecule has 0 unspecified atom stereocenters. The highest BCUT2D eigenvalue weighted by molar-refractivity contribution is 6.14. The number of aromatic amines is 1. The minimum Gasteiger partial charge on any atom is -0.420 e. The summed E-state index contributed by atoms with van der Waals surface area (Å²) in [5, 5.41) is 17.0. The Morgan fingerprint density at radius 2 is 2.15 bits per heavy atom. The van der Waals surface area contributed by atoms with Gasteiger partial charge in [-0.3, -0.25) is 9.89 Å². The summed E-state index contributed by atoms with van der Waals surface area (Å²) in [6.45, 7) is 6.63. The van der Waals surface area contributed by atoms with Gasteiger partial charge in [-0.15, -0.1) is 5.10 Å². The highest BCUT2D eigenvalue weighted by Gasteiger charge is 2.60. The Balaban J connectivity index is 2.03. The SMILES string of the molecule is Cc1[nH]nc2c1[C@@]1(C(=O)N(CCC(C)C)c3ccccc31)C(C#N)=C(N)O2. The average Bonchev–Trinajstić information content (AvgIpc) is 3.11. The van der Waals surface area contributed by atoms with Crippen LogP contribution < -0.4 is 15.4 Å². The van der Waals surface area contributed by atoms with E-state index in [0.29, 0.717) is 23.7 Å². The number of nitrogens with zero attached hydrogens (tertiary/aromatic N) is 3. The van der Waals surface area contributed by atoms with Crippen molar-refractivity contribution in [3.05, 3.63) is 52.5 Å². The smallest absolute Gasteiger partial charge is 0.247 e. The van der Waals surface area contributed by atoms with Crippen LogP contribution >= 0.6 is 0 Å². The molecular formula is C20H21N5O2. The molecule has 138 valence electrons. The lowest BCUT2D eigenvalue weighted by atomic mass is 9.69. The van der Waals surface area contributed by atoms with Crippen molar-refractivity contribution in [2.24, 2.45) is 11.7 Å². The number of hydrogen-bond acceptors (Lipinski definition) is 5. The predicted octanol–water partition coefficient (Wildman–Crippen LogP) is 2.48. The lowest BCUT2D eigenvalue weighted by molar-refractivity contribution is -0.121. The van der Waals surface area contributed by atoms with Crippen molar-refractivity contribution in [2.45, 2.75) is 32.6 Å². The summed E-state index contributed by atoms with van der Waals surface area (Å²) >= 11 is 0. The minimum absolute atomic E-state index is 0.0784. The summed E-state index contributed by atoms with van der Waals surface area (Å²) in [5.41, 5.74) is 7.65. The maximum atomic E-state index is 13.9. The summed E-state index contributed by atoms with van der Waals surface area (Å²) in [6.07, 6.45) is 0.852. The van der Waals surface area contributed by atoms with Crippen LogP contribution in [0.1, 0.15) is 37.1 Å². The van der Waals surface area contributed by atoms with Gasteiger partial charge in [0.05, 0.1) is 5.56 Å². The molecule has 2 aliphatic rings. The molecule has 1 spiro atoms. The Morgan fingerprint density at radius 3 is 2.85 bits per heavy atom. The molecule has 2 aliphatic heterocycles. The number of para-hydroxylation sites is 1. The molecule has 0 saturated heterocycles. The Kier molecular flexibility index (Phi) is 3.74. The summed E-state index contributed by atoms with van der Waals surface area (Å²) in [7, 11) is 0. The number of fused-ring (bicyclic) bond motifs is 4. The molecule has 0 saturated carbocycles. The quantitative estimate of drug-likeness (QED) is 0.871. The number of nitrogens with two attached hydrogens (primary N) is 1. The number of benzene rings is 1. The molecule has 0 bridgehead atoms. The molecule has 1 aromatic carbocycles. The van der Waals surface area contributed by atoms with Crippen LogP contribution in [-0.4, -0.2) is 22.6 Å². The number of nitriles is 1. The first-order chi connectivity index (χ1) is 12.9. The van der Waals surface area contributed by atoms with Gasteiger partial charge < -0.3 is 15.4 Å². The Labute approximate surface area is 157 Å². The van der Waals surface area contributed by atoms with Crippen molar-refractivity contribution >= 4 is 11.6 Å². The number of ether oxygens (including phenoxy) is 1. The molecule has 0 aliphatic carbocycles. The Bertz CT molecular complexity index is 1010. The second-order valence-electron chi connectivity index (χ2n) is 7.39. The highest BCUT2D eigenvalue weighted by atomic mass is 16.5. The monoisotopic (exact) mass is 363 g/mol. The normalized spacial score (nSPS) is 20.7. The standard InChI is InChI=1S/C20H21N5O2/c1-11(2)8-9-25-15-7-5-4-6-13(15)20(19(25)26)14(10-21)17(22)27-18-16(20)12(3)23-24-18/h4-7,11H,8-9,22H2,1-3H3,(H,23,24)/t20-/m0/s1. The lowest BCUT2D eigenvalue weighted by Gasteiger charge is -2.32. The van der Waals surface area contributed by atoms with Gasteiger partial charge in [0.15, 0.2) is 0 Å². The highest BCUT2D eigenvalue weighted by Crippen LogP contribution is 2.55. The fourth-order valence-electron chi connectivity index (χ4n) is 4.07. The zero-order chi connectivity index (χ0) is 19.3. The molecule has 2 aromatic rings. The van der Waals surface area contributed by atoms with Crippen molar-refractivity contribution in [3.63, 3.8) is 0 Å². The molecule has 7 nitrogen and oxygen atoms in total. The van der Waals surface area contributed by atoms with Crippen molar-refractivity contribution < 1.29 is 9.53 Å². The summed E-state index contributed by atoms with van der Waals surface area (Å²) in [5.74, 6) is 0.430. The third-order valence-electron chi connectivity index (χ3n) is 5.32. The Hall–Kier alpha value is -3.27. The van der Waals surface area contributed by atoms with Crippen LogP contribution in [0.25, 0.3) is 0 Å². The van der Waals surface area contributed by atoms with E-state index in [4.69, 9.17) is 10.5 Å². The van der Waals surface area contributed by atoms with Gasteiger partial charge in [-0.05, 0) is 25.3 Å². The molecule has 1 atom stereocenters. The van der Waals surface area contributed by atoms with E-state index in [-0.39, 0.29) is 23.2 Å². The van der Waals surface area contributed by atoms with Gasteiger partial charge in [-0.2, -0.15) is 5.26 Å². The zero-order valence-electron chi connectivity index (χ0n) is 15.5. The third kappa shape index (κ3) is 2.13. The van der Waals surface area contributed by atoms with Gasteiger partial charge in [-0.1, -0.05) is 32.0 Å². The first kappa shape index (κ1) is 17.2. The number of anilines is 1. The molecule has 3 heterocycles. The second kappa shape index (κ2) is 5.88. The second-order valence-corrected chi connectivity index (χ2v) is 7.39. The molecule has 7 heteroatoms. The third-order valence-corrected chi connectivity index (χ3v) is 5.32. The van der Waals surface area contributed by atoms with Gasteiger partial charge in [0.25, 0.3) is 0 Å². The first-order valence-electron chi connectivity index (χ1n) is 8.98. The van der Waals surface area contributed by atoms with Crippen molar-refractivity contribution in [2.75, 3.05) is 11.4 Å². The number of aryl methyl sites for hydroxylation is 1. The van der Waals surface area contributed by atoms with Crippen molar-refractivity contribution in [1.29, 1.82) is 5.26 Å². The van der Waals surface area contributed by atoms with Crippen molar-refractivity contribution in [1.82, 2.24) is 10.2 Å². The fourth-order valence-corrected chi connectivity index (χ4v) is 4.07. The van der Waals surface area contributed by atoms with E-state index in [0.717, 1.165) is 17.7 Å². The summed E-state index contributed by atoms with van der Waals surface area (Å²) in [6, 6.07) is 9.71. The van der Waals surface area contributed by atoms with Gasteiger partial charge in [0.1, 0.15) is 17.1 Å². The number of H-pyrrole nitrogens is 1. The van der Waals surface area contributed by atoms with Gasteiger partial charge >= 0.3 is 0 Å². The number of carbonyl (C=O) groups is 1. The number of hydrogen-bond donors (Lipinski definition) is 2. The van der Waals surface area contributed by atoms with Crippen LogP contribution in [0.2, 0.25) is 0 Å². The summed E-state index contributed by atoms with van der Waals surface area (Å²) < 4.78 is 5.56. The molecule has 0 fully saturated rings. The fraction of sp³-hybridized carbons (Fsp3) is 0.350. The van der Waals surface area contributed by atoms with Gasteiger partial charge in [0.2, 0.25) is 17.7 Å². The van der Waals surface area contributed by atoms with Crippen LogP contribution in [0, 0.1) is 24.2 Å². The van der Waals surface area contributed by atoms with E-state index in [1.54, 1.807) is 4.90 Å². The molecule has 27 heavy (non-hydrogen) atoms. The van der Waals surface area contributed by atoms with E-state index in [9.17, 15) is 10.1 Å². The van der Waals surface area contributed by atoms with E-state index < -0.39 is 5.41 Å². The maximum absolute atomic E-state index is 13.9. The van der Waals surface area contributed by atoms with Crippen LogP contribution in [0.5, 0.6) is 5.88 Å². The van der Waals surface area contributed by atoms with Crippen molar-refractivity contribution in [3.8, 4) is 11.9 Å². The van der Waals surface area contributed by atoms with E-state index in [2.05, 4.69) is 30.1 Å². The van der Waals surface area contributed by atoms with Crippen LogP contribution in [-0.2, 0) is 10.2 Å². The number of rotatable bonds is 3. The van der Waals surface area contributed by atoms with Gasteiger partial charge in [0, 0.05) is 23.5 Å².